The fourth-order valence-corrected chi connectivity index (χ4v) is 0.861. The fraction of sp³-hybridized carbons (Fsp3) is 0.286. The van der Waals surface area contributed by atoms with Gasteiger partial charge in [0.05, 0.1) is 0 Å². The maximum atomic E-state index is 9.18. The lowest BCUT2D eigenvalue weighted by molar-refractivity contribution is 0.458. The molecule has 3 nitrogen and oxygen atoms in total. The van der Waals surface area contributed by atoms with E-state index in [1.807, 2.05) is 13.2 Å². The van der Waals surface area contributed by atoms with Gasteiger partial charge < -0.3 is 9.67 Å². The first-order chi connectivity index (χ1) is 4.75. The van der Waals surface area contributed by atoms with Gasteiger partial charge in [0.2, 0.25) is 0 Å². The van der Waals surface area contributed by atoms with Crippen molar-refractivity contribution in [2.24, 2.45) is 12.0 Å². The SMILES string of the molecule is CN=c1c(O)cccn1C. The van der Waals surface area contributed by atoms with Gasteiger partial charge in [-0.2, -0.15) is 0 Å². The summed E-state index contributed by atoms with van der Waals surface area (Å²) in [5, 5.41) is 9.18. The molecular formula is C7H10N2O. The van der Waals surface area contributed by atoms with Gasteiger partial charge in [-0.15, -0.1) is 0 Å². The Morgan fingerprint density at radius 3 is 2.70 bits per heavy atom. The molecule has 0 aromatic carbocycles. The summed E-state index contributed by atoms with van der Waals surface area (Å²) in [4.78, 5) is 3.88. The highest BCUT2D eigenvalue weighted by atomic mass is 16.3. The summed E-state index contributed by atoms with van der Waals surface area (Å²) < 4.78 is 1.76. The molecule has 1 aromatic heterocycles. The normalized spacial score (nSPS) is 12.0. The maximum absolute atomic E-state index is 9.18. The van der Waals surface area contributed by atoms with Crippen LogP contribution in [0.5, 0.6) is 5.75 Å². The van der Waals surface area contributed by atoms with Crippen molar-refractivity contribution < 1.29 is 5.11 Å². The van der Waals surface area contributed by atoms with Crippen LogP contribution in [0.4, 0.5) is 0 Å². The third kappa shape index (κ3) is 1.03. The average Bonchev–Trinajstić information content (AvgIpc) is 1.88. The molecule has 0 saturated carbocycles. The Bertz CT molecular complexity index is 265. The minimum Gasteiger partial charge on any atom is -0.504 e. The Labute approximate surface area is 59.3 Å². The molecular weight excluding hydrogens is 128 g/mol. The van der Waals surface area contributed by atoms with E-state index in [0.717, 1.165) is 0 Å². The molecule has 3 heteroatoms. The summed E-state index contributed by atoms with van der Waals surface area (Å²) in [5.74, 6) is 0.215. The second-order valence-electron chi connectivity index (χ2n) is 2.05. The van der Waals surface area contributed by atoms with Crippen LogP contribution in [0.2, 0.25) is 0 Å². The Morgan fingerprint density at radius 2 is 2.30 bits per heavy atom. The highest BCUT2D eigenvalue weighted by Crippen LogP contribution is 1.95. The Balaban J connectivity index is 3.47. The summed E-state index contributed by atoms with van der Waals surface area (Å²) in [5.41, 5.74) is 0.600. The summed E-state index contributed by atoms with van der Waals surface area (Å²) in [6.45, 7) is 0. The molecule has 0 bridgehead atoms. The van der Waals surface area contributed by atoms with E-state index in [1.54, 1.807) is 23.7 Å². The van der Waals surface area contributed by atoms with Crippen LogP contribution >= 0.6 is 0 Å². The largest absolute Gasteiger partial charge is 0.504 e. The molecule has 0 spiro atoms. The van der Waals surface area contributed by atoms with Crippen LogP contribution in [-0.2, 0) is 7.05 Å². The number of hydrogen-bond acceptors (Lipinski definition) is 2. The molecule has 0 unspecified atom stereocenters. The number of aryl methyl sites for hydroxylation is 1. The van der Waals surface area contributed by atoms with Crippen LogP contribution in [0.25, 0.3) is 0 Å². The molecule has 10 heavy (non-hydrogen) atoms. The first-order valence-corrected chi connectivity index (χ1v) is 3.03. The van der Waals surface area contributed by atoms with Crippen molar-refractivity contribution in [2.45, 2.75) is 0 Å². The van der Waals surface area contributed by atoms with E-state index in [0.29, 0.717) is 5.49 Å². The molecule has 0 fully saturated rings. The predicted octanol–water partition coefficient (Wildman–Crippen LogP) is 0.261. The third-order valence-corrected chi connectivity index (χ3v) is 1.34. The van der Waals surface area contributed by atoms with Gasteiger partial charge in [0.15, 0.2) is 11.2 Å². The van der Waals surface area contributed by atoms with Crippen LogP contribution in [0.15, 0.2) is 23.3 Å². The van der Waals surface area contributed by atoms with E-state index < -0.39 is 0 Å². The summed E-state index contributed by atoms with van der Waals surface area (Å²) in [6, 6.07) is 3.38. The monoisotopic (exact) mass is 138 g/mol. The standard InChI is InChI=1S/C7H10N2O/c1-8-7-6(10)4-3-5-9(7)2/h3-5,10H,1-2H3. The summed E-state index contributed by atoms with van der Waals surface area (Å²) in [6.07, 6.45) is 1.84. The Kier molecular flexibility index (Phi) is 1.76. The van der Waals surface area contributed by atoms with Crippen LogP contribution in [-0.4, -0.2) is 16.7 Å². The molecule has 0 amide bonds. The summed E-state index contributed by atoms with van der Waals surface area (Å²) >= 11 is 0. The zero-order chi connectivity index (χ0) is 7.56. The molecule has 1 heterocycles. The first-order valence-electron chi connectivity index (χ1n) is 3.03. The number of aromatic hydroxyl groups is 1. The molecule has 0 radical (unpaired) electrons. The van der Waals surface area contributed by atoms with E-state index >= 15 is 0 Å². The number of hydrogen-bond donors (Lipinski definition) is 1. The zero-order valence-electron chi connectivity index (χ0n) is 6.07. The zero-order valence-corrected chi connectivity index (χ0v) is 6.07. The van der Waals surface area contributed by atoms with E-state index in [2.05, 4.69) is 4.99 Å². The fourth-order valence-electron chi connectivity index (χ4n) is 0.861. The second kappa shape index (κ2) is 2.56. The molecule has 1 rings (SSSR count). The Morgan fingerprint density at radius 1 is 1.60 bits per heavy atom. The van der Waals surface area contributed by atoms with Crippen LogP contribution < -0.4 is 5.49 Å². The third-order valence-electron chi connectivity index (χ3n) is 1.34. The molecule has 0 saturated heterocycles. The lowest BCUT2D eigenvalue weighted by atomic mass is 10.4. The molecule has 1 aromatic rings. The van der Waals surface area contributed by atoms with Crippen molar-refractivity contribution in [3.63, 3.8) is 0 Å². The minimum absolute atomic E-state index is 0.215. The lowest BCUT2D eigenvalue weighted by Gasteiger charge is -1.98. The van der Waals surface area contributed by atoms with Gasteiger partial charge in [-0.25, -0.2) is 0 Å². The van der Waals surface area contributed by atoms with Crippen molar-refractivity contribution in [2.75, 3.05) is 7.05 Å². The van der Waals surface area contributed by atoms with Crippen molar-refractivity contribution in [3.8, 4) is 5.75 Å². The highest BCUT2D eigenvalue weighted by molar-refractivity contribution is 5.13. The lowest BCUT2D eigenvalue weighted by Crippen LogP contribution is -2.16. The Hall–Kier alpha value is -1.25. The van der Waals surface area contributed by atoms with Crippen LogP contribution in [0, 0.1) is 0 Å². The van der Waals surface area contributed by atoms with Crippen LogP contribution in [0.1, 0.15) is 0 Å². The summed E-state index contributed by atoms with van der Waals surface area (Å²) in [7, 11) is 3.48. The van der Waals surface area contributed by atoms with E-state index in [1.165, 1.54) is 0 Å². The van der Waals surface area contributed by atoms with Crippen molar-refractivity contribution in [1.29, 1.82) is 0 Å². The molecule has 0 aliphatic heterocycles. The first kappa shape index (κ1) is 6.86. The molecule has 0 atom stereocenters. The predicted molar refractivity (Wildman–Crippen MR) is 38.6 cm³/mol. The smallest absolute Gasteiger partial charge is 0.170 e. The van der Waals surface area contributed by atoms with Gasteiger partial charge in [-0.3, -0.25) is 4.99 Å². The van der Waals surface area contributed by atoms with Crippen molar-refractivity contribution >= 4 is 0 Å². The van der Waals surface area contributed by atoms with Crippen LogP contribution in [0.3, 0.4) is 0 Å². The van der Waals surface area contributed by atoms with Gasteiger partial charge in [0, 0.05) is 20.3 Å². The van der Waals surface area contributed by atoms with Gasteiger partial charge in [0.1, 0.15) is 0 Å². The number of pyridine rings is 1. The van der Waals surface area contributed by atoms with Crippen molar-refractivity contribution in [1.82, 2.24) is 4.57 Å². The van der Waals surface area contributed by atoms with E-state index in [9.17, 15) is 5.11 Å². The molecule has 0 aliphatic carbocycles. The average molecular weight is 138 g/mol. The van der Waals surface area contributed by atoms with E-state index in [-0.39, 0.29) is 5.75 Å². The van der Waals surface area contributed by atoms with Crippen molar-refractivity contribution in [3.05, 3.63) is 23.8 Å². The molecule has 1 N–H and O–H groups in total. The van der Waals surface area contributed by atoms with Gasteiger partial charge in [0.25, 0.3) is 0 Å². The van der Waals surface area contributed by atoms with Gasteiger partial charge in [-0.1, -0.05) is 0 Å². The quantitative estimate of drug-likeness (QED) is 0.548. The van der Waals surface area contributed by atoms with E-state index in [4.69, 9.17) is 0 Å². The number of nitrogens with zero attached hydrogens (tertiary/aromatic N) is 2. The molecule has 0 aliphatic rings. The van der Waals surface area contributed by atoms with Gasteiger partial charge in [-0.05, 0) is 12.1 Å². The molecule has 54 valence electrons. The maximum Gasteiger partial charge on any atom is 0.170 e. The minimum atomic E-state index is 0.215. The second-order valence-corrected chi connectivity index (χ2v) is 2.05. The topological polar surface area (TPSA) is 37.5 Å². The number of rotatable bonds is 0. The highest BCUT2D eigenvalue weighted by Gasteiger charge is 1.90. The van der Waals surface area contributed by atoms with Gasteiger partial charge >= 0.3 is 0 Å². The number of aromatic nitrogens is 1.